The second-order valence-corrected chi connectivity index (χ2v) is 22.6. The fraction of sp³-hybridized carbons (Fsp3) is 0.491. The maximum absolute atomic E-state index is 13.8. The van der Waals surface area contributed by atoms with Gasteiger partial charge >= 0.3 is 0 Å². The van der Waals surface area contributed by atoms with Crippen LogP contribution in [0.4, 0.5) is 11.4 Å². The van der Waals surface area contributed by atoms with Crippen molar-refractivity contribution in [2.24, 2.45) is 41.1 Å². The summed E-state index contributed by atoms with van der Waals surface area (Å²) in [7, 11) is 9.71. The number of aromatic hydroxyl groups is 2. The number of allylic oxidation sites excluding steroid dienone is 2. The van der Waals surface area contributed by atoms with E-state index in [2.05, 4.69) is 17.6 Å². The number of phenolic OH excluding ortho intramolecular Hbond substituents is 2. The number of nitrogens with zero attached hydrogens (tertiary/aromatic N) is 4. The number of aliphatic hydroxyl groups excluding tert-OH is 4. The predicted octanol–water partition coefficient (Wildman–Crippen LogP) is 1.64. The molecule has 0 aromatic heterocycles. The Kier molecular flexibility index (Phi) is 18.1. The first kappa shape index (κ1) is 63.3. The molecule has 6 aliphatic carbocycles. The molecule has 14 N–H and O–H groups in total. The third kappa shape index (κ3) is 10.3. The number of carbonyl (C=O) groups excluding carboxylic acids is 8. The lowest BCUT2D eigenvalue weighted by Gasteiger charge is -2.50. The lowest BCUT2D eigenvalue weighted by molar-refractivity contribution is -0.149. The monoisotopic (exact) mass is 1170 g/mol. The van der Waals surface area contributed by atoms with Crippen LogP contribution >= 0.6 is 24.8 Å². The van der Waals surface area contributed by atoms with E-state index in [4.69, 9.17) is 11.5 Å². The van der Waals surface area contributed by atoms with E-state index in [0.717, 1.165) is 25.9 Å². The van der Waals surface area contributed by atoms with Gasteiger partial charge in [-0.15, -0.1) is 24.8 Å². The van der Waals surface area contributed by atoms with Gasteiger partial charge in [0.05, 0.1) is 47.2 Å². The molecule has 4 amide bonds. The molecule has 2 aromatic carbocycles. The Morgan fingerprint density at radius 1 is 0.654 bits per heavy atom. The standard InChI is InChI=1S/C29H36N4O8.C26H32N4O8.2ClH/c1-13-6-8-33(9-7-13)12-18(34)31-17-5-4-14-10-15-11-16-22(32(2)3)25(37)21(28(30)40)27(39)29(16,41)26(38)20(15)24(36)19(14)23(17)35;1-10(29(2)3)25(37)28-14-7-6-11-8-12-9-13-18(30(4)5)21(33)17(24(27)36)23(35)26(13,38)22(34)16(12)20(32)15(11)19(14)31;;/h4-5,13,15-16,22,35,37-38,41H,6-12H2,1-3H3,(H2,30,40)(H,31,34);6-7,10,12-13,18,31,33-34,38H,8-9H2,1-5H3,(H2,27,36)(H,28,37);2*1H/t15?,16?,22-,29?;;;/m0.../s1. The van der Waals surface area contributed by atoms with Crippen LogP contribution in [-0.2, 0) is 41.6 Å². The van der Waals surface area contributed by atoms with Crippen molar-refractivity contribution in [3.8, 4) is 11.5 Å². The topological polar surface area (TPSA) is 387 Å². The highest BCUT2D eigenvalue weighted by Crippen LogP contribution is 2.55. The van der Waals surface area contributed by atoms with Crippen LogP contribution in [0.25, 0.3) is 0 Å². The largest absolute Gasteiger partial charge is 0.510 e. The van der Waals surface area contributed by atoms with Crippen molar-refractivity contribution in [1.82, 2.24) is 19.6 Å². The average Bonchev–Trinajstić information content (AvgIpc) is 3.44. The minimum Gasteiger partial charge on any atom is -0.510 e. The van der Waals surface area contributed by atoms with Gasteiger partial charge in [0.1, 0.15) is 34.2 Å². The Balaban J connectivity index is 0.000000255. The molecular weight excluding hydrogens is 1100 g/mol. The molecule has 9 rings (SSSR count). The van der Waals surface area contributed by atoms with Crippen LogP contribution in [0.2, 0.25) is 0 Å². The van der Waals surface area contributed by atoms with Crippen molar-refractivity contribution >= 4 is 83.0 Å². The van der Waals surface area contributed by atoms with Gasteiger partial charge in [0.2, 0.25) is 23.4 Å². The van der Waals surface area contributed by atoms with Crippen LogP contribution in [0.15, 0.2) is 69.6 Å². The smallest absolute Gasteiger partial charge is 0.255 e. The number of piperidine rings is 1. The van der Waals surface area contributed by atoms with Gasteiger partial charge in [0, 0.05) is 23.0 Å². The van der Waals surface area contributed by atoms with E-state index in [1.165, 1.54) is 21.9 Å². The van der Waals surface area contributed by atoms with Crippen LogP contribution in [0.5, 0.6) is 11.5 Å². The number of halogens is 2. The predicted molar refractivity (Wildman–Crippen MR) is 297 cm³/mol. The molecule has 81 heavy (non-hydrogen) atoms. The quantitative estimate of drug-likeness (QED) is 0.119. The summed E-state index contributed by atoms with van der Waals surface area (Å²) in [6.45, 7) is 5.55. The summed E-state index contributed by atoms with van der Waals surface area (Å²) >= 11 is 0. The van der Waals surface area contributed by atoms with E-state index in [9.17, 15) is 79.2 Å². The van der Waals surface area contributed by atoms with Gasteiger partial charge < -0.3 is 63.0 Å². The normalized spacial score (nSPS) is 27.6. The van der Waals surface area contributed by atoms with E-state index < -0.39 is 140 Å². The molecule has 0 bridgehead atoms. The maximum atomic E-state index is 13.8. The Morgan fingerprint density at radius 2 is 1.04 bits per heavy atom. The Hall–Kier alpha value is -6.90. The summed E-state index contributed by atoms with van der Waals surface area (Å²) < 4.78 is 0. The van der Waals surface area contributed by atoms with Gasteiger partial charge in [-0.3, -0.25) is 58.0 Å². The number of likely N-dealkylation sites (N-methyl/N-ethyl adjacent to an activating group) is 3. The van der Waals surface area contributed by atoms with E-state index in [1.807, 2.05) is 4.90 Å². The molecule has 1 heterocycles. The number of nitrogens with two attached hydrogens (primary N) is 2. The second-order valence-electron chi connectivity index (χ2n) is 22.6. The summed E-state index contributed by atoms with van der Waals surface area (Å²) in [6.07, 6.45) is 2.36. The fourth-order valence-electron chi connectivity index (χ4n) is 12.7. The molecule has 0 radical (unpaired) electrons. The highest BCUT2D eigenvalue weighted by molar-refractivity contribution is 6.26. The number of ketones is 4. The van der Waals surface area contributed by atoms with Crippen molar-refractivity contribution in [2.75, 3.05) is 72.6 Å². The molecule has 8 unspecified atom stereocenters. The van der Waals surface area contributed by atoms with E-state index in [1.54, 1.807) is 66.2 Å². The molecule has 1 fully saturated rings. The second kappa shape index (κ2) is 23.2. The van der Waals surface area contributed by atoms with Crippen LogP contribution in [0.1, 0.15) is 71.4 Å². The number of amides is 4. The molecule has 24 nitrogen and oxygen atoms in total. The van der Waals surface area contributed by atoms with E-state index in [-0.39, 0.29) is 96.6 Å². The molecule has 7 aliphatic rings. The minimum absolute atomic E-state index is 0. The molecule has 1 aliphatic heterocycles. The van der Waals surface area contributed by atoms with Gasteiger partial charge in [-0.2, -0.15) is 0 Å². The van der Waals surface area contributed by atoms with Gasteiger partial charge in [-0.1, -0.05) is 19.1 Å². The first-order chi connectivity index (χ1) is 36.9. The fourth-order valence-corrected chi connectivity index (χ4v) is 12.7. The van der Waals surface area contributed by atoms with Gasteiger partial charge in [0.15, 0.2) is 34.3 Å². The molecule has 1 saturated heterocycles. The first-order valence-corrected chi connectivity index (χ1v) is 25.9. The number of fused-ring (bicyclic) bond motifs is 6. The molecule has 2 aromatic rings. The van der Waals surface area contributed by atoms with Crippen molar-refractivity contribution in [2.45, 2.75) is 81.7 Å². The number of hydrogen-bond acceptors (Lipinski definition) is 20. The molecular formula is C55H70Cl2N8O16. The minimum atomic E-state index is -2.70. The number of anilines is 2. The SMILES string of the molecule is CC(C(=O)Nc1ccc2c(c1O)C(=O)C1=C(O)C3(O)C(=O)C(C(N)=O)=C(O)C(N(C)C)C3CC1C2)N(C)C.CC1CCN(CC(=O)Nc2ccc3c(c2O)C(=O)C2=C(O)C4(O)C(=O)C(C(N)=O)=C(O)[C@@H](N(C)C)C4CC2C3)CC1.Cl.Cl. The zero-order valence-electron chi connectivity index (χ0n) is 45.9. The maximum Gasteiger partial charge on any atom is 0.255 e. The zero-order valence-corrected chi connectivity index (χ0v) is 47.5. The number of rotatable bonds is 10. The number of carbonyl (C=O) groups is 8. The number of nitrogens with one attached hydrogen (secondary N) is 2. The van der Waals surface area contributed by atoms with Gasteiger partial charge in [-0.25, -0.2) is 0 Å². The summed E-state index contributed by atoms with van der Waals surface area (Å²) in [5.74, 6) is -14.5. The third-order valence-electron chi connectivity index (χ3n) is 17.1. The first-order valence-electron chi connectivity index (χ1n) is 25.9. The van der Waals surface area contributed by atoms with Crippen molar-refractivity contribution in [3.05, 3.63) is 91.8 Å². The van der Waals surface area contributed by atoms with Crippen molar-refractivity contribution in [3.63, 3.8) is 0 Å². The van der Waals surface area contributed by atoms with Crippen LogP contribution in [-0.4, -0.2) is 198 Å². The number of Topliss-reactive ketones (excluding diaryl/α,β-unsaturated/α-hetero) is 4. The number of likely N-dealkylation sites (tertiary alicyclic amines) is 1. The number of primary amides is 2. The lowest BCUT2D eigenvalue weighted by Crippen LogP contribution is -2.63. The number of benzene rings is 2. The van der Waals surface area contributed by atoms with Crippen molar-refractivity contribution < 1.29 is 79.2 Å². The number of hydrogen-bond donors (Lipinski definition) is 12. The van der Waals surface area contributed by atoms with Crippen LogP contribution in [0, 0.1) is 29.6 Å². The average molecular weight is 1170 g/mol. The Morgan fingerprint density at radius 3 is 1.40 bits per heavy atom. The summed E-state index contributed by atoms with van der Waals surface area (Å²) in [6, 6.07) is 3.59. The molecule has 26 heteroatoms. The van der Waals surface area contributed by atoms with Crippen LogP contribution in [0.3, 0.4) is 0 Å². The zero-order chi connectivity index (χ0) is 58.4. The summed E-state index contributed by atoms with van der Waals surface area (Å²) in [5.41, 5.74) is 3.73. The Bertz CT molecular complexity index is 3160. The molecule has 440 valence electrons. The molecule has 0 saturated carbocycles. The van der Waals surface area contributed by atoms with Crippen molar-refractivity contribution in [1.29, 1.82) is 0 Å². The summed E-state index contributed by atoms with van der Waals surface area (Å²) in [4.78, 5) is 110. The molecule has 9 atom stereocenters. The van der Waals surface area contributed by atoms with Crippen LogP contribution < -0.4 is 22.1 Å². The van der Waals surface area contributed by atoms with E-state index in [0.29, 0.717) is 17.0 Å². The highest BCUT2D eigenvalue weighted by Gasteiger charge is 2.65. The molecule has 0 spiro atoms. The summed E-state index contributed by atoms with van der Waals surface area (Å²) in [5, 5.41) is 94.9. The highest BCUT2D eigenvalue weighted by atomic mass is 35.5. The number of phenols is 2. The number of aliphatic hydroxyl groups is 6. The van der Waals surface area contributed by atoms with Gasteiger partial charge in [-0.05, 0) is 142 Å². The third-order valence-corrected chi connectivity index (χ3v) is 17.1. The lowest BCUT2D eigenvalue weighted by atomic mass is 9.58. The Labute approximate surface area is 478 Å². The van der Waals surface area contributed by atoms with Gasteiger partial charge in [0.25, 0.3) is 11.8 Å². The van der Waals surface area contributed by atoms with E-state index >= 15 is 0 Å².